The molecular weight excluding hydrogens is 480 g/mol. The lowest BCUT2D eigenvalue weighted by Gasteiger charge is -2.20. The summed E-state index contributed by atoms with van der Waals surface area (Å²) in [5, 5.41) is 6.64. The minimum Gasteiger partial charge on any atom is -0.489 e. The summed E-state index contributed by atoms with van der Waals surface area (Å²) in [4.78, 5) is 27.4. The highest BCUT2D eigenvalue weighted by Crippen LogP contribution is 2.31. The first-order valence-corrected chi connectivity index (χ1v) is 11.6. The maximum absolute atomic E-state index is 14.0. The summed E-state index contributed by atoms with van der Waals surface area (Å²) in [6.07, 6.45) is 2.95. The van der Waals surface area contributed by atoms with Crippen molar-refractivity contribution in [3.05, 3.63) is 77.1 Å². The number of hydrogen-bond acceptors (Lipinski definition) is 5. The number of carbonyl (C=O) groups is 2. The summed E-state index contributed by atoms with van der Waals surface area (Å²) < 4.78 is 33.9. The maximum Gasteiger partial charge on any atom is 0.342 e. The fourth-order valence-corrected chi connectivity index (χ4v) is 3.63. The summed E-state index contributed by atoms with van der Waals surface area (Å²) in [5.41, 5.74) is 7.44. The van der Waals surface area contributed by atoms with Gasteiger partial charge in [-0.05, 0) is 49.2 Å². The van der Waals surface area contributed by atoms with Crippen LogP contribution in [0, 0.1) is 28.9 Å². The molecule has 1 unspecified atom stereocenters. The Morgan fingerprint density at radius 2 is 2.05 bits per heavy atom. The Labute approximate surface area is 213 Å². The molecule has 0 saturated carbocycles. The van der Waals surface area contributed by atoms with Crippen LogP contribution < -0.4 is 20.7 Å². The highest BCUT2D eigenvalue weighted by atomic mass is 19.1. The predicted molar refractivity (Wildman–Crippen MR) is 134 cm³/mol. The van der Waals surface area contributed by atoms with E-state index in [2.05, 4.69) is 22.3 Å². The van der Waals surface area contributed by atoms with Crippen molar-refractivity contribution in [2.75, 3.05) is 25.1 Å². The molecule has 0 aliphatic carbocycles. The van der Waals surface area contributed by atoms with Crippen molar-refractivity contribution in [3.63, 3.8) is 0 Å². The topological polar surface area (TPSA) is 102 Å². The largest absolute Gasteiger partial charge is 0.489 e. The SMILES string of the molecule is CN1C(=O)C(NC(=O)n2cc(Cc3ccc(F)cc3F)cn2)COc2ccc(C#CC(C)(C)CN)cc21. The van der Waals surface area contributed by atoms with Gasteiger partial charge in [-0.3, -0.25) is 4.79 Å². The lowest BCUT2D eigenvalue weighted by molar-refractivity contribution is -0.120. The van der Waals surface area contributed by atoms with Crippen molar-refractivity contribution >= 4 is 17.6 Å². The van der Waals surface area contributed by atoms with Crippen molar-refractivity contribution < 1.29 is 23.1 Å². The van der Waals surface area contributed by atoms with Crippen molar-refractivity contribution in [2.24, 2.45) is 11.1 Å². The Morgan fingerprint density at radius 1 is 1.27 bits per heavy atom. The molecule has 0 radical (unpaired) electrons. The van der Waals surface area contributed by atoms with E-state index < -0.39 is 23.7 Å². The number of ether oxygens (including phenoxy) is 1. The summed E-state index contributed by atoms with van der Waals surface area (Å²) in [6.45, 7) is 4.22. The maximum atomic E-state index is 14.0. The Kier molecular flexibility index (Phi) is 7.27. The zero-order valence-corrected chi connectivity index (χ0v) is 20.7. The van der Waals surface area contributed by atoms with Crippen molar-refractivity contribution in [3.8, 4) is 17.6 Å². The highest BCUT2D eigenvalue weighted by molar-refractivity contribution is 6.00. The van der Waals surface area contributed by atoms with Crippen LogP contribution in [0.15, 0.2) is 48.8 Å². The molecule has 3 aromatic rings. The smallest absolute Gasteiger partial charge is 0.342 e. The molecule has 0 saturated heterocycles. The number of carbonyl (C=O) groups excluding carboxylic acids is 2. The molecule has 4 rings (SSSR count). The van der Waals surface area contributed by atoms with E-state index in [9.17, 15) is 18.4 Å². The van der Waals surface area contributed by atoms with Crippen LogP contribution in [0.2, 0.25) is 0 Å². The molecule has 1 aromatic heterocycles. The van der Waals surface area contributed by atoms with Crippen LogP contribution in [0.4, 0.5) is 19.3 Å². The van der Waals surface area contributed by atoms with Gasteiger partial charge in [-0.2, -0.15) is 9.78 Å². The second kappa shape index (κ2) is 10.4. The molecule has 0 spiro atoms. The van der Waals surface area contributed by atoms with E-state index in [0.29, 0.717) is 29.1 Å². The van der Waals surface area contributed by atoms with Crippen LogP contribution in [-0.2, 0) is 11.2 Å². The molecule has 0 fully saturated rings. The first kappa shape index (κ1) is 25.9. The van der Waals surface area contributed by atoms with Gasteiger partial charge in [-0.1, -0.05) is 17.9 Å². The lowest BCUT2D eigenvalue weighted by atomic mass is 9.94. The zero-order chi connectivity index (χ0) is 26.7. The summed E-state index contributed by atoms with van der Waals surface area (Å²) in [5.74, 6) is 4.97. The molecule has 2 heterocycles. The van der Waals surface area contributed by atoms with E-state index in [1.165, 1.54) is 23.4 Å². The van der Waals surface area contributed by atoms with E-state index >= 15 is 0 Å². The molecule has 37 heavy (non-hydrogen) atoms. The third-order valence-electron chi connectivity index (χ3n) is 5.96. The number of nitrogens with two attached hydrogens (primary N) is 1. The average molecular weight is 508 g/mol. The molecule has 2 amide bonds. The molecule has 2 aromatic carbocycles. The van der Waals surface area contributed by atoms with E-state index in [1.54, 1.807) is 25.2 Å². The zero-order valence-electron chi connectivity index (χ0n) is 20.7. The lowest BCUT2D eigenvalue weighted by Crippen LogP contribution is -2.50. The van der Waals surface area contributed by atoms with Crippen LogP contribution in [0.25, 0.3) is 0 Å². The minimum atomic E-state index is -0.974. The van der Waals surface area contributed by atoms with E-state index in [0.717, 1.165) is 16.8 Å². The van der Waals surface area contributed by atoms with Crippen molar-refractivity contribution in [1.82, 2.24) is 15.1 Å². The number of rotatable bonds is 4. The van der Waals surface area contributed by atoms with Gasteiger partial charge in [-0.15, -0.1) is 0 Å². The fourth-order valence-electron chi connectivity index (χ4n) is 3.63. The second-order valence-corrected chi connectivity index (χ2v) is 9.44. The minimum absolute atomic E-state index is 0.0813. The summed E-state index contributed by atoms with van der Waals surface area (Å²) in [6, 6.07) is 6.97. The molecule has 3 N–H and O–H groups in total. The van der Waals surface area contributed by atoms with Crippen molar-refractivity contribution in [1.29, 1.82) is 0 Å². The molecule has 192 valence electrons. The quantitative estimate of drug-likeness (QED) is 0.529. The molecule has 10 heteroatoms. The third kappa shape index (κ3) is 5.95. The van der Waals surface area contributed by atoms with Gasteiger partial charge in [0, 0.05) is 43.3 Å². The normalized spacial score (nSPS) is 15.2. The number of nitrogens with one attached hydrogen (secondary N) is 1. The fraction of sp³-hybridized carbons (Fsp3) is 0.296. The van der Waals surface area contributed by atoms with Crippen LogP contribution >= 0.6 is 0 Å². The Morgan fingerprint density at radius 3 is 2.78 bits per heavy atom. The van der Waals surface area contributed by atoms with Gasteiger partial charge in [0.25, 0.3) is 5.91 Å². The number of nitrogens with zero attached hydrogens (tertiary/aromatic N) is 3. The molecule has 8 nitrogen and oxygen atoms in total. The van der Waals surface area contributed by atoms with E-state index in [1.807, 2.05) is 13.8 Å². The van der Waals surface area contributed by atoms with Gasteiger partial charge in [0.1, 0.15) is 30.0 Å². The number of hydrogen-bond donors (Lipinski definition) is 2. The number of anilines is 1. The van der Waals surface area contributed by atoms with Gasteiger partial charge >= 0.3 is 6.03 Å². The summed E-state index contributed by atoms with van der Waals surface area (Å²) in [7, 11) is 1.60. The number of benzene rings is 2. The summed E-state index contributed by atoms with van der Waals surface area (Å²) >= 11 is 0. The van der Waals surface area contributed by atoms with Crippen LogP contribution in [0.1, 0.15) is 30.5 Å². The van der Waals surface area contributed by atoms with Crippen LogP contribution in [-0.4, -0.2) is 48.0 Å². The average Bonchev–Trinajstić information content (AvgIpc) is 3.31. The second-order valence-electron chi connectivity index (χ2n) is 9.44. The monoisotopic (exact) mass is 507 g/mol. The molecule has 1 aliphatic rings. The number of halogens is 2. The van der Waals surface area contributed by atoms with Gasteiger partial charge < -0.3 is 20.7 Å². The van der Waals surface area contributed by atoms with E-state index in [-0.39, 0.29) is 29.9 Å². The van der Waals surface area contributed by atoms with Gasteiger partial charge in [-0.25, -0.2) is 13.6 Å². The predicted octanol–water partition coefficient (Wildman–Crippen LogP) is 3.07. The van der Waals surface area contributed by atoms with Crippen LogP contribution in [0.5, 0.6) is 5.75 Å². The molecule has 1 atom stereocenters. The molecule has 1 aliphatic heterocycles. The van der Waals surface area contributed by atoms with Crippen LogP contribution in [0.3, 0.4) is 0 Å². The number of fused-ring (bicyclic) bond motifs is 1. The molecular formula is C27H27F2N5O3. The standard InChI is InChI=1S/C27H27F2N5O3/c1-27(2,16-30)9-8-17-4-7-24-23(11-17)33(3)25(35)22(15-37-24)32-26(36)34-14-18(13-31-34)10-19-5-6-20(28)12-21(19)29/h4-7,11-14,22H,10,15-16,30H2,1-3H3,(H,32,36). The van der Waals surface area contributed by atoms with Crippen molar-refractivity contribution in [2.45, 2.75) is 26.3 Å². The number of likely N-dealkylation sites (N-methyl/N-ethyl adjacent to an activating group) is 1. The Balaban J connectivity index is 1.45. The Hall–Kier alpha value is -4.23. The number of amides is 2. The van der Waals surface area contributed by atoms with E-state index in [4.69, 9.17) is 10.5 Å². The first-order chi connectivity index (χ1) is 17.6. The molecule has 0 bridgehead atoms. The third-order valence-corrected chi connectivity index (χ3v) is 5.96. The van der Waals surface area contributed by atoms with Gasteiger partial charge in [0.2, 0.25) is 0 Å². The Bertz CT molecular complexity index is 1410. The highest BCUT2D eigenvalue weighted by Gasteiger charge is 2.31. The first-order valence-electron chi connectivity index (χ1n) is 11.6. The van der Waals surface area contributed by atoms with Gasteiger partial charge in [0.15, 0.2) is 0 Å². The number of aromatic nitrogens is 2. The van der Waals surface area contributed by atoms with Gasteiger partial charge in [0.05, 0.1) is 11.9 Å².